The number of aromatic amines is 1. The van der Waals surface area contributed by atoms with E-state index >= 15 is 0 Å². The second-order valence-electron chi connectivity index (χ2n) is 7.28. The minimum absolute atomic E-state index is 0.296. The summed E-state index contributed by atoms with van der Waals surface area (Å²) in [7, 11) is 3.19. The molecule has 8 nitrogen and oxygen atoms in total. The van der Waals surface area contributed by atoms with E-state index in [9.17, 15) is 4.79 Å². The zero-order valence-corrected chi connectivity index (χ0v) is 18.8. The van der Waals surface area contributed by atoms with Crippen molar-refractivity contribution >= 4 is 12.1 Å². The fourth-order valence-corrected chi connectivity index (χ4v) is 3.20. The van der Waals surface area contributed by atoms with E-state index in [1.165, 1.54) is 6.21 Å². The van der Waals surface area contributed by atoms with Gasteiger partial charge in [0.25, 0.3) is 5.91 Å². The highest BCUT2D eigenvalue weighted by Crippen LogP contribution is 2.28. The Morgan fingerprint density at radius 1 is 0.971 bits per heavy atom. The Kier molecular flexibility index (Phi) is 7.19. The summed E-state index contributed by atoms with van der Waals surface area (Å²) < 4.78 is 16.5. The van der Waals surface area contributed by atoms with Gasteiger partial charge in [0.1, 0.15) is 18.1 Å². The highest BCUT2D eigenvalue weighted by molar-refractivity contribution is 5.94. The van der Waals surface area contributed by atoms with Gasteiger partial charge in [0.05, 0.1) is 26.1 Å². The van der Waals surface area contributed by atoms with E-state index in [2.05, 4.69) is 20.7 Å². The summed E-state index contributed by atoms with van der Waals surface area (Å²) >= 11 is 0. The Morgan fingerprint density at radius 3 is 2.50 bits per heavy atom. The van der Waals surface area contributed by atoms with E-state index in [0.29, 0.717) is 29.5 Å². The van der Waals surface area contributed by atoms with Crippen LogP contribution in [-0.4, -0.2) is 36.5 Å². The van der Waals surface area contributed by atoms with Crippen LogP contribution < -0.4 is 19.6 Å². The van der Waals surface area contributed by atoms with E-state index in [0.717, 1.165) is 22.4 Å². The van der Waals surface area contributed by atoms with Crippen LogP contribution in [0, 0.1) is 0 Å². The highest BCUT2D eigenvalue weighted by atomic mass is 16.5. The molecule has 0 radical (unpaired) electrons. The molecule has 0 fully saturated rings. The number of aromatic nitrogens is 2. The number of H-pyrrole nitrogens is 1. The summed E-state index contributed by atoms with van der Waals surface area (Å²) in [6.07, 6.45) is 1.54. The van der Waals surface area contributed by atoms with Crippen molar-refractivity contribution in [3.63, 3.8) is 0 Å². The van der Waals surface area contributed by atoms with Crippen molar-refractivity contribution in [2.75, 3.05) is 14.2 Å². The van der Waals surface area contributed by atoms with Gasteiger partial charge in [0, 0.05) is 5.56 Å². The molecular weight excluding hydrogens is 432 g/mol. The molecule has 0 aliphatic rings. The number of hydrazone groups is 1. The molecule has 0 bridgehead atoms. The van der Waals surface area contributed by atoms with E-state index in [1.54, 1.807) is 32.4 Å². The maximum atomic E-state index is 12.4. The molecule has 4 rings (SSSR count). The van der Waals surface area contributed by atoms with Gasteiger partial charge in [-0.15, -0.1) is 0 Å². The number of hydrogen-bond donors (Lipinski definition) is 2. The molecule has 1 heterocycles. The van der Waals surface area contributed by atoms with Crippen LogP contribution in [0.15, 0.2) is 84.0 Å². The monoisotopic (exact) mass is 456 g/mol. The summed E-state index contributed by atoms with van der Waals surface area (Å²) in [5.74, 6) is 1.54. The molecule has 0 spiro atoms. The van der Waals surface area contributed by atoms with Crippen molar-refractivity contribution in [3.05, 3.63) is 95.7 Å². The molecular formula is C26H24N4O4. The third kappa shape index (κ3) is 5.60. The molecule has 0 unspecified atom stereocenters. The molecule has 0 saturated carbocycles. The van der Waals surface area contributed by atoms with Crippen LogP contribution in [0.1, 0.15) is 21.6 Å². The molecule has 2 N–H and O–H groups in total. The van der Waals surface area contributed by atoms with Gasteiger partial charge in [0.15, 0.2) is 11.5 Å². The molecule has 0 atom stereocenters. The minimum atomic E-state index is -0.405. The standard InChI is InChI=1S/C26H24N4O4/c1-32-21-11-9-20(10-12-21)22-15-23(29-28-22)26(31)30-27-16-19-8-13-24(33-2)25(14-19)34-17-18-6-4-3-5-7-18/h3-16H,17H2,1-2H3,(H,28,29)(H,30,31)/b27-16-. The summed E-state index contributed by atoms with van der Waals surface area (Å²) in [6, 6.07) is 24.3. The second kappa shape index (κ2) is 10.8. The lowest BCUT2D eigenvalue weighted by Crippen LogP contribution is -2.18. The predicted molar refractivity (Wildman–Crippen MR) is 129 cm³/mol. The summed E-state index contributed by atoms with van der Waals surface area (Å²) in [4.78, 5) is 12.4. The molecule has 34 heavy (non-hydrogen) atoms. The summed E-state index contributed by atoms with van der Waals surface area (Å²) in [6.45, 7) is 0.408. The molecule has 172 valence electrons. The molecule has 4 aromatic rings. The van der Waals surface area contributed by atoms with E-state index in [4.69, 9.17) is 14.2 Å². The quantitative estimate of drug-likeness (QED) is 0.287. The number of amides is 1. The smallest absolute Gasteiger partial charge is 0.289 e. The average Bonchev–Trinajstić information content (AvgIpc) is 3.39. The van der Waals surface area contributed by atoms with E-state index in [-0.39, 0.29) is 0 Å². The number of nitrogens with zero attached hydrogens (tertiary/aromatic N) is 2. The Morgan fingerprint density at radius 2 is 1.76 bits per heavy atom. The second-order valence-corrected chi connectivity index (χ2v) is 7.28. The lowest BCUT2D eigenvalue weighted by molar-refractivity contribution is 0.0950. The molecule has 1 aromatic heterocycles. The number of methoxy groups -OCH3 is 2. The Bertz CT molecular complexity index is 1270. The van der Waals surface area contributed by atoms with E-state index < -0.39 is 5.91 Å². The van der Waals surface area contributed by atoms with E-state index in [1.807, 2.05) is 60.7 Å². The predicted octanol–water partition coefficient (Wildman–Crippen LogP) is 4.44. The van der Waals surface area contributed by atoms with Crippen LogP contribution in [0.25, 0.3) is 11.3 Å². The largest absolute Gasteiger partial charge is 0.497 e. The van der Waals surface area contributed by atoms with Gasteiger partial charge in [-0.2, -0.15) is 10.2 Å². The molecule has 3 aromatic carbocycles. The van der Waals surface area contributed by atoms with Crippen LogP contribution in [0.5, 0.6) is 17.2 Å². The SMILES string of the molecule is COc1ccc(-c2cc(C(=O)N/N=C\c3ccc(OC)c(OCc4ccccc4)c3)[nH]n2)cc1. The van der Waals surface area contributed by atoms with Gasteiger partial charge in [0.2, 0.25) is 0 Å². The van der Waals surface area contributed by atoms with Crippen LogP contribution in [-0.2, 0) is 6.61 Å². The van der Waals surface area contributed by atoms with Crippen LogP contribution >= 0.6 is 0 Å². The van der Waals surface area contributed by atoms with Gasteiger partial charge in [-0.1, -0.05) is 30.3 Å². The van der Waals surface area contributed by atoms with Crippen molar-refractivity contribution in [2.24, 2.45) is 5.10 Å². The van der Waals surface area contributed by atoms with Crippen molar-refractivity contribution in [1.82, 2.24) is 15.6 Å². The van der Waals surface area contributed by atoms with Crippen LogP contribution in [0.2, 0.25) is 0 Å². The van der Waals surface area contributed by atoms with Gasteiger partial charge in [-0.25, -0.2) is 5.43 Å². The number of rotatable bonds is 9. The average molecular weight is 457 g/mol. The first kappa shape index (κ1) is 22.6. The number of nitrogens with one attached hydrogen (secondary N) is 2. The number of carbonyl (C=O) groups is 1. The fraction of sp³-hybridized carbons (Fsp3) is 0.115. The van der Waals surface area contributed by atoms with Crippen molar-refractivity contribution < 1.29 is 19.0 Å². The fourth-order valence-electron chi connectivity index (χ4n) is 3.20. The first-order chi connectivity index (χ1) is 16.7. The van der Waals surface area contributed by atoms with Crippen LogP contribution in [0.4, 0.5) is 0 Å². The number of hydrogen-bond acceptors (Lipinski definition) is 6. The first-order valence-electron chi connectivity index (χ1n) is 10.5. The molecule has 0 aliphatic carbocycles. The maximum absolute atomic E-state index is 12.4. The molecule has 0 aliphatic heterocycles. The van der Waals surface area contributed by atoms with Gasteiger partial charge in [-0.3, -0.25) is 9.89 Å². The summed E-state index contributed by atoms with van der Waals surface area (Å²) in [5, 5.41) is 11.0. The molecule has 1 amide bonds. The molecule has 8 heteroatoms. The van der Waals surface area contributed by atoms with Gasteiger partial charge in [-0.05, 0) is 59.7 Å². The topological polar surface area (TPSA) is 97.8 Å². The number of ether oxygens (including phenoxy) is 3. The highest BCUT2D eigenvalue weighted by Gasteiger charge is 2.11. The van der Waals surface area contributed by atoms with Crippen molar-refractivity contribution in [3.8, 4) is 28.5 Å². The maximum Gasteiger partial charge on any atom is 0.289 e. The van der Waals surface area contributed by atoms with Gasteiger partial charge < -0.3 is 14.2 Å². The van der Waals surface area contributed by atoms with Gasteiger partial charge >= 0.3 is 0 Å². The third-order valence-electron chi connectivity index (χ3n) is 5.01. The Labute approximate surface area is 197 Å². The summed E-state index contributed by atoms with van der Waals surface area (Å²) in [5.41, 5.74) is 6.10. The van der Waals surface area contributed by atoms with Crippen molar-refractivity contribution in [2.45, 2.75) is 6.61 Å². The number of benzene rings is 3. The number of carbonyl (C=O) groups excluding carboxylic acids is 1. The lowest BCUT2D eigenvalue weighted by Gasteiger charge is -2.11. The Balaban J connectivity index is 1.38. The third-order valence-corrected chi connectivity index (χ3v) is 5.01. The van der Waals surface area contributed by atoms with Crippen molar-refractivity contribution in [1.29, 1.82) is 0 Å². The lowest BCUT2D eigenvalue weighted by atomic mass is 10.1. The zero-order valence-electron chi connectivity index (χ0n) is 18.8. The Hall–Kier alpha value is -4.59. The first-order valence-corrected chi connectivity index (χ1v) is 10.5. The normalized spacial score (nSPS) is 10.8. The molecule has 0 saturated heterocycles. The van der Waals surface area contributed by atoms with Crippen LogP contribution in [0.3, 0.4) is 0 Å². The minimum Gasteiger partial charge on any atom is -0.497 e. The zero-order chi connectivity index (χ0) is 23.8.